The summed E-state index contributed by atoms with van der Waals surface area (Å²) in [4.78, 5) is 19.7. The van der Waals surface area contributed by atoms with E-state index in [1.54, 1.807) is 36.4 Å². The number of carboxylic acid groups (broad SMARTS) is 1. The lowest BCUT2D eigenvalue weighted by Crippen LogP contribution is -1.96. The van der Waals surface area contributed by atoms with E-state index in [0.29, 0.717) is 5.30 Å². The van der Waals surface area contributed by atoms with Crippen LogP contribution >= 0.6 is 8.03 Å². The van der Waals surface area contributed by atoms with Crippen LogP contribution in [0.4, 0.5) is 0 Å². The molecule has 0 heterocycles. The molecule has 0 fully saturated rings. The highest BCUT2D eigenvalue weighted by molar-refractivity contribution is 7.47. The van der Waals surface area contributed by atoms with Crippen LogP contribution < -0.4 is 5.30 Å². The Morgan fingerprint density at radius 1 is 0.889 bits per heavy atom. The maximum Gasteiger partial charge on any atom is 0.335 e. The monoisotopic (exact) mass is 262 g/mol. The van der Waals surface area contributed by atoms with Crippen molar-refractivity contribution in [1.82, 2.24) is 0 Å². The molecule has 0 aliphatic rings. The van der Waals surface area contributed by atoms with E-state index >= 15 is 0 Å². The smallest absolute Gasteiger partial charge is 0.335 e. The Labute approximate surface area is 104 Å². The zero-order valence-corrected chi connectivity index (χ0v) is 10.3. The Morgan fingerprint density at radius 3 is 1.72 bits per heavy atom. The molecule has 4 nitrogen and oxygen atoms in total. The van der Waals surface area contributed by atoms with Crippen molar-refractivity contribution in [3.05, 3.63) is 54.1 Å². The van der Waals surface area contributed by atoms with Crippen molar-refractivity contribution in [1.29, 1.82) is 0 Å². The molecule has 2 aromatic carbocycles. The van der Waals surface area contributed by atoms with Crippen molar-refractivity contribution in [2.45, 2.75) is 0 Å². The van der Waals surface area contributed by atoms with Crippen LogP contribution in [-0.4, -0.2) is 16.0 Å². The predicted octanol–water partition coefficient (Wildman–Crippen LogP) is 2.14. The van der Waals surface area contributed by atoms with E-state index in [2.05, 4.69) is 0 Å². The van der Waals surface area contributed by atoms with Gasteiger partial charge in [-0.25, -0.2) is 4.79 Å². The van der Waals surface area contributed by atoms with Gasteiger partial charge in [0.2, 0.25) is 8.03 Å². The highest BCUT2D eigenvalue weighted by atomic mass is 31.1. The second-order valence-electron chi connectivity index (χ2n) is 3.77. The van der Waals surface area contributed by atoms with Gasteiger partial charge in [0, 0.05) is 5.30 Å². The van der Waals surface area contributed by atoms with Gasteiger partial charge >= 0.3 is 5.97 Å². The van der Waals surface area contributed by atoms with Gasteiger partial charge in [-0.05, 0) is 35.4 Å². The summed E-state index contributed by atoms with van der Waals surface area (Å²) in [5, 5.41) is 9.19. The molecule has 2 rings (SSSR count). The molecule has 92 valence electrons. The van der Waals surface area contributed by atoms with Crippen LogP contribution in [0.3, 0.4) is 0 Å². The minimum atomic E-state index is -2.66. The third kappa shape index (κ3) is 2.67. The van der Waals surface area contributed by atoms with Crippen LogP contribution in [0, 0.1) is 0 Å². The Kier molecular flexibility index (Phi) is 3.60. The number of hydrogen-bond acceptors (Lipinski definition) is 2. The third-order valence-electron chi connectivity index (χ3n) is 2.60. The van der Waals surface area contributed by atoms with Gasteiger partial charge in [-0.3, -0.25) is 4.57 Å². The molecular weight excluding hydrogens is 251 g/mol. The fourth-order valence-corrected chi connectivity index (χ4v) is 2.06. The number of hydrogen-bond donors (Lipinski definition) is 2. The number of benzene rings is 2. The Balaban J connectivity index is 2.31. The standard InChI is InChI=1S/C13H11O4P/c14-13(15)11-3-1-9(2-4-11)10-5-7-12(8-6-10)18(16)17/h1-8,18H,(H,14,15)(H,16,17). The van der Waals surface area contributed by atoms with Gasteiger partial charge in [-0.2, -0.15) is 0 Å². The Bertz CT molecular complexity index is 532. The van der Waals surface area contributed by atoms with E-state index in [0.717, 1.165) is 11.1 Å². The first-order chi connectivity index (χ1) is 8.58. The molecule has 1 atom stereocenters. The van der Waals surface area contributed by atoms with E-state index in [4.69, 9.17) is 10.00 Å². The van der Waals surface area contributed by atoms with E-state index in [1.807, 2.05) is 0 Å². The molecule has 0 spiro atoms. The largest absolute Gasteiger partial charge is 0.478 e. The summed E-state index contributed by atoms with van der Waals surface area (Å²) >= 11 is 0. The van der Waals surface area contributed by atoms with Gasteiger partial charge in [0.05, 0.1) is 5.56 Å². The average Bonchev–Trinajstić information content (AvgIpc) is 2.39. The lowest BCUT2D eigenvalue weighted by Gasteiger charge is -2.03. The molecule has 5 heteroatoms. The number of aromatic carboxylic acids is 1. The van der Waals surface area contributed by atoms with Crippen LogP contribution in [0.25, 0.3) is 11.1 Å². The first-order valence-corrected chi connectivity index (χ1v) is 6.60. The summed E-state index contributed by atoms with van der Waals surface area (Å²) in [5.74, 6) is -0.962. The third-order valence-corrected chi connectivity index (χ3v) is 3.42. The van der Waals surface area contributed by atoms with Crippen LogP contribution in [-0.2, 0) is 4.57 Å². The second-order valence-corrected chi connectivity index (χ2v) is 4.95. The molecule has 0 aliphatic carbocycles. The molecule has 0 saturated carbocycles. The van der Waals surface area contributed by atoms with Gasteiger partial charge in [0.25, 0.3) is 0 Å². The normalized spacial score (nSPS) is 12.1. The number of carbonyl (C=O) groups is 1. The van der Waals surface area contributed by atoms with Crippen LogP contribution in [0.1, 0.15) is 10.4 Å². The second kappa shape index (κ2) is 5.17. The zero-order valence-electron chi connectivity index (χ0n) is 9.33. The molecule has 0 amide bonds. The minimum Gasteiger partial charge on any atom is -0.478 e. The van der Waals surface area contributed by atoms with Crippen LogP contribution in [0.15, 0.2) is 48.5 Å². The zero-order chi connectivity index (χ0) is 13.1. The molecular formula is C13H11O4P. The molecule has 0 aromatic heterocycles. The summed E-state index contributed by atoms with van der Waals surface area (Å²) < 4.78 is 10.9. The maximum atomic E-state index is 10.9. The number of carboxylic acids is 1. The summed E-state index contributed by atoms with van der Waals surface area (Å²) in [6, 6.07) is 13.2. The quantitative estimate of drug-likeness (QED) is 0.831. The summed E-state index contributed by atoms with van der Waals surface area (Å²) in [6.07, 6.45) is 0. The molecule has 0 aliphatic heterocycles. The first-order valence-electron chi connectivity index (χ1n) is 5.25. The van der Waals surface area contributed by atoms with E-state index in [1.165, 1.54) is 12.1 Å². The predicted molar refractivity (Wildman–Crippen MR) is 69.7 cm³/mol. The van der Waals surface area contributed by atoms with Gasteiger partial charge in [-0.15, -0.1) is 0 Å². The molecule has 18 heavy (non-hydrogen) atoms. The molecule has 2 N–H and O–H groups in total. The van der Waals surface area contributed by atoms with Gasteiger partial charge in [0.15, 0.2) is 0 Å². The van der Waals surface area contributed by atoms with E-state index < -0.39 is 14.0 Å². The molecule has 1 unspecified atom stereocenters. The van der Waals surface area contributed by atoms with Crippen LogP contribution in [0.2, 0.25) is 0 Å². The fraction of sp³-hybridized carbons (Fsp3) is 0. The fourth-order valence-electron chi connectivity index (χ4n) is 1.61. The average molecular weight is 262 g/mol. The van der Waals surface area contributed by atoms with Crippen molar-refractivity contribution in [3.8, 4) is 11.1 Å². The SMILES string of the molecule is O=C(O)c1ccc(-c2ccc([PH](=O)O)cc2)cc1. The Morgan fingerprint density at radius 2 is 1.33 bits per heavy atom. The molecule has 0 radical (unpaired) electrons. The van der Waals surface area contributed by atoms with Crippen molar-refractivity contribution in [3.63, 3.8) is 0 Å². The lowest BCUT2D eigenvalue weighted by atomic mass is 10.0. The minimum absolute atomic E-state index is 0.232. The van der Waals surface area contributed by atoms with Crippen molar-refractivity contribution < 1.29 is 19.4 Å². The van der Waals surface area contributed by atoms with E-state index in [9.17, 15) is 9.36 Å². The lowest BCUT2D eigenvalue weighted by molar-refractivity contribution is 0.0697. The highest BCUT2D eigenvalue weighted by Crippen LogP contribution is 2.21. The van der Waals surface area contributed by atoms with Crippen LogP contribution in [0.5, 0.6) is 0 Å². The topological polar surface area (TPSA) is 74.6 Å². The molecule has 2 aromatic rings. The van der Waals surface area contributed by atoms with Crippen molar-refractivity contribution in [2.75, 3.05) is 0 Å². The van der Waals surface area contributed by atoms with Gasteiger partial charge < -0.3 is 10.00 Å². The summed E-state index contributed by atoms with van der Waals surface area (Å²) in [6.45, 7) is 0. The highest BCUT2D eigenvalue weighted by Gasteiger charge is 2.04. The first kappa shape index (κ1) is 12.6. The maximum absolute atomic E-state index is 10.9. The molecule has 0 bridgehead atoms. The summed E-state index contributed by atoms with van der Waals surface area (Å²) in [7, 11) is -2.66. The summed E-state index contributed by atoms with van der Waals surface area (Å²) in [5.41, 5.74) is 1.97. The van der Waals surface area contributed by atoms with Gasteiger partial charge in [0.1, 0.15) is 0 Å². The van der Waals surface area contributed by atoms with Gasteiger partial charge in [-0.1, -0.05) is 24.3 Å². The Hall–Kier alpha value is -1.90. The van der Waals surface area contributed by atoms with Crippen molar-refractivity contribution in [2.24, 2.45) is 0 Å². The number of rotatable bonds is 3. The van der Waals surface area contributed by atoms with Crippen molar-refractivity contribution >= 4 is 19.3 Å². The van der Waals surface area contributed by atoms with E-state index in [-0.39, 0.29) is 5.56 Å². The molecule has 0 saturated heterocycles.